The predicted octanol–water partition coefficient (Wildman–Crippen LogP) is 5.27. The van der Waals surface area contributed by atoms with Crippen molar-refractivity contribution in [2.24, 2.45) is 0 Å². The van der Waals surface area contributed by atoms with Gasteiger partial charge in [-0.25, -0.2) is 0 Å². The fourth-order valence-electron chi connectivity index (χ4n) is 4.14. The van der Waals surface area contributed by atoms with E-state index in [-0.39, 0.29) is 17.7 Å². The van der Waals surface area contributed by atoms with Crippen LogP contribution in [0.2, 0.25) is 5.02 Å². The number of aryl methyl sites for hydroxylation is 1. The maximum atomic E-state index is 12.8. The summed E-state index contributed by atoms with van der Waals surface area (Å²) in [7, 11) is 0. The largest absolute Gasteiger partial charge is 0.349 e. The molecule has 8 heteroatoms. The minimum Gasteiger partial charge on any atom is -0.349 e. The van der Waals surface area contributed by atoms with Gasteiger partial charge in [-0.2, -0.15) is 0 Å². The van der Waals surface area contributed by atoms with Gasteiger partial charge < -0.3 is 5.32 Å². The van der Waals surface area contributed by atoms with Crippen LogP contribution in [-0.2, 0) is 11.2 Å². The lowest BCUT2D eigenvalue weighted by Crippen LogP contribution is -2.32. The van der Waals surface area contributed by atoms with E-state index >= 15 is 0 Å². The number of carbonyl (C=O) groups excluding carboxylic acids is 1. The van der Waals surface area contributed by atoms with Gasteiger partial charge in [0, 0.05) is 28.7 Å². The second kappa shape index (κ2) is 9.77. The van der Waals surface area contributed by atoms with Crippen LogP contribution in [0.15, 0.2) is 78.2 Å². The van der Waals surface area contributed by atoms with Crippen LogP contribution in [0.1, 0.15) is 30.0 Å². The maximum absolute atomic E-state index is 12.8. The van der Waals surface area contributed by atoms with Crippen molar-refractivity contribution in [3.63, 3.8) is 0 Å². The third-order valence-electron chi connectivity index (χ3n) is 5.69. The van der Waals surface area contributed by atoms with Crippen molar-refractivity contribution in [3.05, 3.63) is 89.2 Å². The van der Waals surface area contributed by atoms with Gasteiger partial charge in [-0.1, -0.05) is 47.6 Å². The van der Waals surface area contributed by atoms with E-state index in [1.54, 1.807) is 12.4 Å². The number of pyridine rings is 1. The van der Waals surface area contributed by atoms with Gasteiger partial charge in [0.05, 0.1) is 11.8 Å². The summed E-state index contributed by atoms with van der Waals surface area (Å²) >= 11 is 7.46. The molecule has 6 nitrogen and oxygen atoms in total. The number of thioether (sulfide) groups is 1. The fourth-order valence-corrected chi connectivity index (χ4v) is 5.03. The highest BCUT2D eigenvalue weighted by Gasteiger charge is 2.22. The molecule has 0 aliphatic heterocycles. The summed E-state index contributed by atoms with van der Waals surface area (Å²) < 4.78 is 1.94. The Morgan fingerprint density at radius 3 is 2.67 bits per heavy atom. The number of halogens is 1. The van der Waals surface area contributed by atoms with Crippen LogP contribution in [0.5, 0.6) is 0 Å². The summed E-state index contributed by atoms with van der Waals surface area (Å²) in [5.74, 6) is 0.919. The van der Waals surface area contributed by atoms with Gasteiger partial charge in [0.25, 0.3) is 0 Å². The molecule has 1 amide bonds. The molecule has 5 rings (SSSR count). The van der Waals surface area contributed by atoms with E-state index in [4.69, 9.17) is 11.6 Å². The Kier molecular flexibility index (Phi) is 6.41. The van der Waals surface area contributed by atoms with E-state index in [0.717, 1.165) is 30.5 Å². The summed E-state index contributed by atoms with van der Waals surface area (Å²) in [4.78, 5) is 16.9. The molecular formula is C25H22ClN5OS. The molecule has 0 saturated heterocycles. The molecule has 4 aromatic rings. The summed E-state index contributed by atoms with van der Waals surface area (Å²) in [5, 5.41) is 13.3. The molecule has 1 aliphatic carbocycles. The lowest BCUT2D eigenvalue weighted by molar-refractivity contribution is -0.119. The lowest BCUT2D eigenvalue weighted by Gasteiger charge is -2.26. The number of hydrogen-bond acceptors (Lipinski definition) is 5. The number of benzene rings is 2. The molecule has 0 radical (unpaired) electrons. The monoisotopic (exact) mass is 475 g/mol. The second-order valence-electron chi connectivity index (χ2n) is 7.85. The van der Waals surface area contributed by atoms with E-state index in [9.17, 15) is 4.79 Å². The summed E-state index contributed by atoms with van der Waals surface area (Å²) in [5.41, 5.74) is 4.32. The van der Waals surface area contributed by atoms with Crippen LogP contribution in [0.25, 0.3) is 17.1 Å². The van der Waals surface area contributed by atoms with Crippen molar-refractivity contribution in [1.82, 2.24) is 25.1 Å². The smallest absolute Gasteiger partial charge is 0.230 e. The molecule has 2 aromatic carbocycles. The minimum absolute atomic E-state index is 0.0159. The minimum atomic E-state index is -0.0159. The van der Waals surface area contributed by atoms with Crippen molar-refractivity contribution >= 4 is 29.3 Å². The van der Waals surface area contributed by atoms with Crippen molar-refractivity contribution < 1.29 is 4.79 Å². The first-order chi connectivity index (χ1) is 16.2. The van der Waals surface area contributed by atoms with Crippen LogP contribution >= 0.6 is 23.4 Å². The molecule has 166 valence electrons. The van der Waals surface area contributed by atoms with Crippen LogP contribution in [-0.4, -0.2) is 31.4 Å². The van der Waals surface area contributed by atoms with Gasteiger partial charge in [-0.05, 0) is 66.8 Å². The Morgan fingerprint density at radius 2 is 1.85 bits per heavy atom. The number of rotatable bonds is 6. The molecule has 0 saturated carbocycles. The van der Waals surface area contributed by atoms with E-state index in [1.165, 1.54) is 22.9 Å². The van der Waals surface area contributed by atoms with E-state index in [0.29, 0.717) is 16.0 Å². The molecule has 2 aromatic heterocycles. The van der Waals surface area contributed by atoms with Gasteiger partial charge >= 0.3 is 0 Å². The normalized spacial score (nSPS) is 15.1. The van der Waals surface area contributed by atoms with Crippen molar-refractivity contribution in [2.75, 3.05) is 5.75 Å². The average Bonchev–Trinajstić information content (AvgIpc) is 3.28. The molecule has 1 atom stereocenters. The Bertz CT molecular complexity index is 1260. The number of fused-ring (bicyclic) bond motifs is 1. The Morgan fingerprint density at radius 1 is 1.06 bits per heavy atom. The number of amides is 1. The number of aromatic nitrogens is 4. The van der Waals surface area contributed by atoms with Crippen molar-refractivity contribution in [1.29, 1.82) is 0 Å². The Labute approximate surface area is 201 Å². The average molecular weight is 476 g/mol. The standard InChI is InChI=1S/C25H22ClN5OS/c26-19-8-10-20(11-9-19)31-24(18-12-14-27-15-13-18)29-30-25(31)33-16-23(32)28-22-7-3-5-17-4-1-2-6-21(17)22/h1-2,4,6,8-15,22H,3,5,7,16H2,(H,28,32)/t22-/m0/s1. The van der Waals surface area contributed by atoms with Crippen LogP contribution in [0.3, 0.4) is 0 Å². The summed E-state index contributed by atoms with van der Waals surface area (Å²) in [6.07, 6.45) is 6.55. The zero-order valence-electron chi connectivity index (χ0n) is 17.8. The topological polar surface area (TPSA) is 72.7 Å². The number of nitrogens with one attached hydrogen (secondary N) is 1. The summed E-state index contributed by atoms with van der Waals surface area (Å²) in [6.45, 7) is 0. The quantitative estimate of drug-likeness (QED) is 0.385. The molecule has 0 spiro atoms. The zero-order chi connectivity index (χ0) is 22.6. The maximum Gasteiger partial charge on any atom is 0.230 e. The number of carbonyl (C=O) groups is 1. The van der Waals surface area contributed by atoms with Crippen LogP contribution in [0, 0.1) is 0 Å². The lowest BCUT2D eigenvalue weighted by atomic mass is 9.88. The third-order valence-corrected chi connectivity index (χ3v) is 6.87. The highest BCUT2D eigenvalue weighted by molar-refractivity contribution is 7.99. The zero-order valence-corrected chi connectivity index (χ0v) is 19.4. The van der Waals surface area contributed by atoms with Crippen LogP contribution < -0.4 is 5.32 Å². The van der Waals surface area contributed by atoms with Crippen molar-refractivity contribution in [2.45, 2.75) is 30.5 Å². The first-order valence-electron chi connectivity index (χ1n) is 10.8. The van der Waals surface area contributed by atoms with Crippen molar-refractivity contribution in [3.8, 4) is 17.1 Å². The highest BCUT2D eigenvalue weighted by atomic mass is 35.5. The predicted molar refractivity (Wildman–Crippen MR) is 131 cm³/mol. The van der Waals surface area contributed by atoms with Gasteiger partial charge in [0.15, 0.2) is 11.0 Å². The SMILES string of the molecule is O=C(CSc1nnc(-c2ccncc2)n1-c1ccc(Cl)cc1)N[C@H]1CCCc2ccccc21. The number of hydrogen-bond donors (Lipinski definition) is 1. The van der Waals surface area contributed by atoms with Gasteiger partial charge in [-0.15, -0.1) is 10.2 Å². The fraction of sp³-hybridized carbons (Fsp3) is 0.200. The molecule has 0 bridgehead atoms. The van der Waals surface area contributed by atoms with E-state index < -0.39 is 0 Å². The molecule has 2 heterocycles. The molecule has 1 N–H and O–H groups in total. The first-order valence-corrected chi connectivity index (χ1v) is 12.2. The molecule has 0 fully saturated rings. The van der Waals surface area contributed by atoms with Gasteiger partial charge in [0.2, 0.25) is 5.91 Å². The van der Waals surface area contributed by atoms with Gasteiger partial charge in [-0.3, -0.25) is 14.3 Å². The van der Waals surface area contributed by atoms with E-state index in [1.807, 2.05) is 47.0 Å². The molecule has 33 heavy (non-hydrogen) atoms. The van der Waals surface area contributed by atoms with Gasteiger partial charge in [0.1, 0.15) is 0 Å². The highest BCUT2D eigenvalue weighted by Crippen LogP contribution is 2.31. The Balaban J connectivity index is 1.36. The second-order valence-corrected chi connectivity index (χ2v) is 9.23. The molecule has 1 aliphatic rings. The molecular weight excluding hydrogens is 454 g/mol. The number of nitrogens with zero attached hydrogens (tertiary/aromatic N) is 4. The molecule has 0 unspecified atom stereocenters. The first kappa shape index (κ1) is 21.7. The summed E-state index contributed by atoms with van der Waals surface area (Å²) in [6, 6.07) is 19.7. The van der Waals surface area contributed by atoms with Crippen LogP contribution in [0.4, 0.5) is 0 Å². The third kappa shape index (κ3) is 4.79. The van der Waals surface area contributed by atoms with E-state index in [2.05, 4.69) is 38.7 Å². The Hall–Kier alpha value is -3.16.